The van der Waals surface area contributed by atoms with Gasteiger partial charge in [0.2, 0.25) is 5.71 Å². The van der Waals surface area contributed by atoms with Crippen LogP contribution >= 0.6 is 0 Å². The Balaban J connectivity index is 1.84. The summed E-state index contributed by atoms with van der Waals surface area (Å²) >= 11 is 0. The first kappa shape index (κ1) is 22.5. The summed E-state index contributed by atoms with van der Waals surface area (Å²) in [6.45, 7) is 3.05. The monoisotopic (exact) mass is 443 g/mol. The maximum atomic E-state index is 12.4. The number of nitrogens with two attached hydrogens (primary N) is 1. The van der Waals surface area contributed by atoms with Crippen molar-refractivity contribution < 1.29 is 28.4 Å². The van der Waals surface area contributed by atoms with Crippen LogP contribution in [0.25, 0.3) is 11.1 Å². The Kier molecular flexibility index (Phi) is 6.23. The van der Waals surface area contributed by atoms with E-state index in [0.717, 1.165) is 6.07 Å². The lowest BCUT2D eigenvalue weighted by Crippen LogP contribution is -2.13. The molecule has 1 aromatic carbocycles. The molecule has 12 nitrogen and oxygen atoms in total. The van der Waals surface area contributed by atoms with E-state index in [9.17, 15) is 19.7 Å². The Morgan fingerprint density at radius 3 is 2.56 bits per heavy atom. The summed E-state index contributed by atoms with van der Waals surface area (Å²) < 4.78 is 15.7. The van der Waals surface area contributed by atoms with E-state index < -0.39 is 16.9 Å². The molecule has 0 aliphatic carbocycles. The summed E-state index contributed by atoms with van der Waals surface area (Å²) in [6.07, 6.45) is 0. The zero-order valence-corrected chi connectivity index (χ0v) is 17.9. The highest BCUT2D eigenvalue weighted by Crippen LogP contribution is 2.30. The smallest absolute Gasteiger partial charge is 0.342 e. The molecule has 0 saturated carbocycles. The average molecular weight is 443 g/mol. The number of rotatable bonds is 7. The third-order valence-corrected chi connectivity index (χ3v) is 4.50. The van der Waals surface area contributed by atoms with Crippen LogP contribution in [0.1, 0.15) is 39.2 Å². The molecule has 0 spiro atoms. The number of nitrogen functional groups attached to an aromatic ring is 1. The maximum absolute atomic E-state index is 12.4. The van der Waals surface area contributed by atoms with Crippen molar-refractivity contribution in [3.05, 3.63) is 51.0 Å². The number of nitrogens with zero attached hydrogens (tertiary/aromatic N) is 4. The van der Waals surface area contributed by atoms with Gasteiger partial charge in [-0.2, -0.15) is 4.98 Å². The Hall–Kier alpha value is -4.22. The van der Waals surface area contributed by atoms with E-state index in [2.05, 4.69) is 9.97 Å². The molecule has 168 valence electrons. The summed E-state index contributed by atoms with van der Waals surface area (Å²) in [5, 5.41) is 11.5. The number of anilines is 2. The lowest BCUT2D eigenvalue weighted by Gasteiger charge is -2.13. The number of carbonyl (C=O) groups excluding carboxylic acids is 2. The summed E-state index contributed by atoms with van der Waals surface area (Å²) in [6, 6.07) is 4.01. The second kappa shape index (κ2) is 8.88. The first-order valence-electron chi connectivity index (χ1n) is 9.49. The minimum absolute atomic E-state index is 0.00482. The Labute approximate surface area is 182 Å². The maximum Gasteiger partial charge on any atom is 0.342 e. The van der Waals surface area contributed by atoms with Crippen molar-refractivity contribution in [3.8, 4) is 0 Å². The topological polar surface area (TPSA) is 164 Å². The van der Waals surface area contributed by atoms with Crippen LogP contribution < -0.4 is 10.6 Å². The number of aromatic nitrogens is 2. The number of benzene rings is 1. The van der Waals surface area contributed by atoms with Gasteiger partial charge in [-0.1, -0.05) is 0 Å². The summed E-state index contributed by atoms with van der Waals surface area (Å²) in [5.41, 5.74) is 6.28. The Morgan fingerprint density at radius 1 is 1.22 bits per heavy atom. The van der Waals surface area contributed by atoms with Gasteiger partial charge in [0.05, 0.1) is 22.5 Å². The fourth-order valence-corrected chi connectivity index (χ4v) is 3.09. The van der Waals surface area contributed by atoms with Crippen molar-refractivity contribution in [2.75, 3.05) is 31.3 Å². The van der Waals surface area contributed by atoms with Crippen molar-refractivity contribution in [2.45, 2.75) is 20.5 Å². The van der Waals surface area contributed by atoms with E-state index in [-0.39, 0.29) is 58.5 Å². The van der Waals surface area contributed by atoms with Gasteiger partial charge in [-0.05, 0) is 26.0 Å². The molecule has 0 bridgehead atoms. The zero-order valence-electron chi connectivity index (χ0n) is 17.9. The highest BCUT2D eigenvalue weighted by atomic mass is 16.6. The SMILES string of the molecule is CCOC(=O)c1c(C)oc2nc(COC(=O)c3ccc(N(C)C)c([N+](=O)[O-])c3)nc(N)c12. The third-order valence-electron chi connectivity index (χ3n) is 4.50. The molecule has 0 radical (unpaired) electrons. The number of furan rings is 1. The molecule has 12 heteroatoms. The number of hydrogen-bond acceptors (Lipinski definition) is 11. The molecule has 3 rings (SSSR count). The van der Waals surface area contributed by atoms with Crippen molar-refractivity contribution in [2.24, 2.45) is 0 Å². The van der Waals surface area contributed by atoms with Gasteiger partial charge in [0.25, 0.3) is 5.69 Å². The molecule has 0 aliphatic rings. The molecule has 0 amide bonds. The van der Waals surface area contributed by atoms with Crippen LogP contribution in [0, 0.1) is 17.0 Å². The van der Waals surface area contributed by atoms with Gasteiger partial charge in [-0.25, -0.2) is 14.6 Å². The second-order valence-corrected chi connectivity index (χ2v) is 6.89. The molecule has 2 aromatic heterocycles. The van der Waals surface area contributed by atoms with Gasteiger partial charge in [0.15, 0.2) is 12.4 Å². The lowest BCUT2D eigenvalue weighted by atomic mass is 10.1. The van der Waals surface area contributed by atoms with E-state index in [1.54, 1.807) is 32.8 Å². The van der Waals surface area contributed by atoms with Gasteiger partial charge in [-0.3, -0.25) is 10.1 Å². The second-order valence-electron chi connectivity index (χ2n) is 6.89. The number of nitro benzene ring substituents is 1. The number of hydrogen-bond donors (Lipinski definition) is 1. The average Bonchev–Trinajstić information content (AvgIpc) is 3.08. The first-order valence-corrected chi connectivity index (χ1v) is 9.49. The number of ether oxygens (including phenoxy) is 2. The molecule has 0 aliphatic heterocycles. The van der Waals surface area contributed by atoms with Crippen LogP contribution in [-0.2, 0) is 16.1 Å². The molecule has 0 saturated heterocycles. The van der Waals surface area contributed by atoms with Crippen LogP contribution in [0.2, 0.25) is 0 Å². The van der Waals surface area contributed by atoms with Gasteiger partial charge in [0.1, 0.15) is 22.8 Å². The van der Waals surface area contributed by atoms with Gasteiger partial charge >= 0.3 is 11.9 Å². The van der Waals surface area contributed by atoms with Crippen molar-refractivity contribution >= 4 is 40.2 Å². The fraction of sp³-hybridized carbons (Fsp3) is 0.300. The van der Waals surface area contributed by atoms with Crippen molar-refractivity contribution in [1.29, 1.82) is 0 Å². The molecule has 32 heavy (non-hydrogen) atoms. The van der Waals surface area contributed by atoms with E-state index in [1.807, 2.05) is 0 Å². The first-order chi connectivity index (χ1) is 15.1. The largest absolute Gasteiger partial charge is 0.462 e. The third kappa shape index (κ3) is 4.29. The van der Waals surface area contributed by atoms with Crippen molar-refractivity contribution in [3.63, 3.8) is 0 Å². The normalized spacial score (nSPS) is 10.8. The number of nitro groups is 1. The number of fused-ring (bicyclic) bond motifs is 1. The van der Waals surface area contributed by atoms with E-state index in [0.29, 0.717) is 5.69 Å². The molecule has 2 heterocycles. The summed E-state index contributed by atoms with van der Waals surface area (Å²) in [4.78, 5) is 45.1. The minimum atomic E-state index is -0.802. The Bertz CT molecular complexity index is 1220. The van der Waals surface area contributed by atoms with Crippen LogP contribution in [0.4, 0.5) is 17.2 Å². The highest BCUT2D eigenvalue weighted by Gasteiger charge is 2.24. The Morgan fingerprint density at radius 2 is 1.94 bits per heavy atom. The number of aryl methyl sites for hydroxylation is 1. The van der Waals surface area contributed by atoms with Crippen LogP contribution in [0.5, 0.6) is 0 Å². The lowest BCUT2D eigenvalue weighted by molar-refractivity contribution is -0.384. The molecule has 0 atom stereocenters. The van der Waals surface area contributed by atoms with E-state index in [1.165, 1.54) is 12.1 Å². The van der Waals surface area contributed by atoms with Gasteiger partial charge in [0, 0.05) is 20.2 Å². The number of carbonyl (C=O) groups is 2. The van der Waals surface area contributed by atoms with E-state index >= 15 is 0 Å². The number of esters is 2. The molecule has 2 N–H and O–H groups in total. The summed E-state index contributed by atoms with van der Waals surface area (Å²) in [5.74, 6) is -1.15. The summed E-state index contributed by atoms with van der Waals surface area (Å²) in [7, 11) is 3.31. The zero-order chi connectivity index (χ0) is 23.6. The van der Waals surface area contributed by atoms with Crippen LogP contribution in [0.3, 0.4) is 0 Å². The fourth-order valence-electron chi connectivity index (χ4n) is 3.09. The standard InChI is InChI=1S/C20H21N5O7/c1-5-30-20(27)15-10(2)32-18-16(15)17(21)22-14(23-18)9-31-19(26)11-6-7-12(24(3)4)13(8-11)25(28)29/h6-8H,5,9H2,1-4H3,(H2,21,22,23). The predicted molar refractivity (Wildman–Crippen MR) is 113 cm³/mol. The molecular weight excluding hydrogens is 422 g/mol. The molecule has 3 aromatic rings. The van der Waals surface area contributed by atoms with Crippen LogP contribution in [0.15, 0.2) is 22.6 Å². The quantitative estimate of drug-likeness (QED) is 0.324. The van der Waals surface area contributed by atoms with Gasteiger partial charge < -0.3 is 24.5 Å². The molecule has 0 unspecified atom stereocenters. The van der Waals surface area contributed by atoms with Crippen molar-refractivity contribution in [1.82, 2.24) is 9.97 Å². The predicted octanol–water partition coefficient (Wildman–Crippen LogP) is 2.62. The van der Waals surface area contributed by atoms with Crippen LogP contribution in [-0.4, -0.2) is 47.5 Å². The molecule has 0 fully saturated rings. The highest BCUT2D eigenvalue weighted by molar-refractivity contribution is 6.07. The van der Waals surface area contributed by atoms with E-state index in [4.69, 9.17) is 19.6 Å². The molecular formula is C20H21N5O7. The minimum Gasteiger partial charge on any atom is -0.462 e. The van der Waals surface area contributed by atoms with Gasteiger partial charge in [-0.15, -0.1) is 0 Å².